The highest BCUT2D eigenvalue weighted by Crippen LogP contribution is 2.47. The van der Waals surface area contributed by atoms with Crippen LogP contribution in [-0.4, -0.2) is 60.5 Å². The number of hydrogen-bond acceptors (Lipinski definition) is 5. The van der Waals surface area contributed by atoms with Crippen molar-refractivity contribution < 1.29 is 23.5 Å². The molecule has 1 unspecified atom stereocenters. The molecule has 0 bridgehead atoms. The van der Waals surface area contributed by atoms with Gasteiger partial charge in [-0.15, -0.1) is 0 Å². The number of carbonyl (C=O) groups is 1. The molecule has 42 heavy (non-hydrogen) atoms. The van der Waals surface area contributed by atoms with Gasteiger partial charge in [0.25, 0.3) is 5.56 Å². The van der Waals surface area contributed by atoms with Crippen molar-refractivity contribution in [2.75, 3.05) is 20.3 Å². The zero-order chi connectivity index (χ0) is 30.0. The van der Waals surface area contributed by atoms with E-state index in [9.17, 15) is 14.7 Å². The van der Waals surface area contributed by atoms with E-state index in [0.29, 0.717) is 23.4 Å². The van der Waals surface area contributed by atoms with Crippen LogP contribution in [-0.2, 0) is 16.1 Å². The van der Waals surface area contributed by atoms with E-state index >= 15 is 4.11 Å². The maximum absolute atomic E-state index is 16.0. The predicted octanol–water partition coefficient (Wildman–Crippen LogP) is 5.36. The second kappa shape index (κ2) is 12.2. The lowest BCUT2D eigenvalue weighted by Gasteiger charge is -2.43. The fourth-order valence-electron chi connectivity index (χ4n) is 6.03. The number of nitrogens with zero attached hydrogens (tertiary/aromatic N) is 2. The van der Waals surface area contributed by atoms with E-state index in [2.05, 4.69) is 5.10 Å². The molecule has 1 amide bonds. The standard InChI is InChI=1S/C32H38FN3O5Si/c1-21-30(40-2)25-18-23(36-32(39)24-12-8-9-13-26(24)34-36)14-15-27(25)41-31(21)28(42(3,4)33)19-29(38)35(16-17-37)20-22-10-6-5-7-11-22/h5-15,18,21,28,30-31,34,37H,16-17,19-20H2,1-4H3/t21-,28?,30-,31-/m0/s1. The number of methoxy groups -OCH3 is 1. The highest BCUT2D eigenvalue weighted by molar-refractivity contribution is 6.72. The van der Waals surface area contributed by atoms with Crippen molar-refractivity contribution in [2.45, 2.75) is 50.7 Å². The summed E-state index contributed by atoms with van der Waals surface area (Å²) >= 11 is 0. The number of aromatic nitrogens is 2. The monoisotopic (exact) mass is 591 g/mol. The quantitative estimate of drug-likeness (QED) is 0.191. The number of carbonyl (C=O) groups excluding carboxylic acids is 1. The molecule has 0 spiro atoms. The Kier molecular flexibility index (Phi) is 8.67. The summed E-state index contributed by atoms with van der Waals surface area (Å²) in [4.78, 5) is 28.2. The number of aliphatic hydroxyl groups is 1. The zero-order valence-electron chi connectivity index (χ0n) is 24.4. The topological polar surface area (TPSA) is 96.8 Å². The van der Waals surface area contributed by atoms with Gasteiger partial charge in [-0.2, -0.15) is 0 Å². The van der Waals surface area contributed by atoms with Gasteiger partial charge in [0.1, 0.15) is 11.9 Å². The Hall–Kier alpha value is -3.73. The van der Waals surface area contributed by atoms with Crippen LogP contribution in [0.2, 0.25) is 18.6 Å². The summed E-state index contributed by atoms with van der Waals surface area (Å²) < 4.78 is 30.0. The molecule has 0 saturated heterocycles. The molecule has 3 aromatic carbocycles. The molecule has 2 N–H and O–H groups in total. The fourth-order valence-corrected chi connectivity index (χ4v) is 7.84. The average molecular weight is 592 g/mol. The van der Waals surface area contributed by atoms with Crippen LogP contribution in [0.25, 0.3) is 16.6 Å². The van der Waals surface area contributed by atoms with Gasteiger partial charge in [0, 0.05) is 43.6 Å². The number of nitrogens with one attached hydrogen (secondary N) is 1. The number of benzene rings is 3. The van der Waals surface area contributed by atoms with E-state index in [4.69, 9.17) is 9.47 Å². The molecule has 2 heterocycles. The minimum Gasteiger partial charge on any atom is -0.490 e. The van der Waals surface area contributed by atoms with Gasteiger partial charge in [-0.05, 0) is 49.0 Å². The Morgan fingerprint density at radius 3 is 2.52 bits per heavy atom. The molecule has 0 aliphatic carbocycles. The maximum Gasteiger partial charge on any atom is 0.279 e. The van der Waals surface area contributed by atoms with Crippen LogP contribution in [0.1, 0.15) is 30.6 Å². The largest absolute Gasteiger partial charge is 0.490 e. The molecule has 0 fully saturated rings. The lowest BCUT2D eigenvalue weighted by atomic mass is 9.86. The summed E-state index contributed by atoms with van der Waals surface area (Å²) in [5, 5.41) is 13.4. The highest BCUT2D eigenvalue weighted by Gasteiger charge is 2.48. The highest BCUT2D eigenvalue weighted by atomic mass is 28.4. The summed E-state index contributed by atoms with van der Waals surface area (Å²) in [6.45, 7) is 5.49. The normalized spacial score (nSPS) is 19.2. The van der Waals surface area contributed by atoms with Crippen LogP contribution in [0.3, 0.4) is 0 Å². The number of H-pyrrole nitrogens is 1. The van der Waals surface area contributed by atoms with E-state index in [1.807, 2.05) is 61.5 Å². The first kappa shape index (κ1) is 29.7. The number of hydrogen-bond donors (Lipinski definition) is 2. The number of fused-ring (bicyclic) bond motifs is 2. The number of aliphatic hydroxyl groups excluding tert-OH is 1. The van der Waals surface area contributed by atoms with Crippen molar-refractivity contribution >= 4 is 25.2 Å². The minimum atomic E-state index is -3.43. The molecule has 1 aliphatic heterocycles. The molecule has 8 nitrogen and oxygen atoms in total. The molecule has 4 atom stereocenters. The van der Waals surface area contributed by atoms with Gasteiger partial charge in [-0.3, -0.25) is 14.7 Å². The SMILES string of the molecule is CO[C@@H]1c2cc(-n3[nH]c4ccccc4c3=O)ccc2O[C@H](C(CC(=O)N(CCO)Cc2ccccc2)[Si](C)(C)F)[C@H]1C. The van der Waals surface area contributed by atoms with Gasteiger partial charge in [-0.1, -0.05) is 49.4 Å². The first-order chi connectivity index (χ1) is 20.1. The van der Waals surface area contributed by atoms with E-state index < -0.39 is 26.2 Å². The van der Waals surface area contributed by atoms with Gasteiger partial charge in [0.05, 0.1) is 29.3 Å². The van der Waals surface area contributed by atoms with Gasteiger partial charge in [-0.25, -0.2) is 4.68 Å². The van der Waals surface area contributed by atoms with Crippen molar-refractivity contribution in [3.8, 4) is 11.4 Å². The average Bonchev–Trinajstić information content (AvgIpc) is 3.31. The molecule has 0 radical (unpaired) electrons. The Morgan fingerprint density at radius 1 is 1.14 bits per heavy atom. The first-order valence-corrected chi connectivity index (χ1v) is 17.2. The van der Waals surface area contributed by atoms with Crippen LogP contribution < -0.4 is 10.3 Å². The summed E-state index contributed by atoms with van der Waals surface area (Å²) in [5.74, 6) is 0.0446. The first-order valence-electron chi connectivity index (χ1n) is 14.3. The zero-order valence-corrected chi connectivity index (χ0v) is 25.4. The Morgan fingerprint density at radius 2 is 1.86 bits per heavy atom. The van der Waals surface area contributed by atoms with Crippen LogP contribution in [0.4, 0.5) is 4.11 Å². The predicted molar refractivity (Wildman–Crippen MR) is 163 cm³/mol. The number of ether oxygens (including phenoxy) is 2. The third kappa shape index (κ3) is 5.92. The van der Waals surface area contributed by atoms with Gasteiger partial charge in [0.2, 0.25) is 14.3 Å². The van der Waals surface area contributed by atoms with Crippen molar-refractivity contribution in [1.29, 1.82) is 0 Å². The molecule has 0 saturated carbocycles. The summed E-state index contributed by atoms with van der Waals surface area (Å²) in [7, 11) is -1.83. The molecular formula is C32H38FN3O5Si. The lowest BCUT2D eigenvalue weighted by Crippen LogP contribution is -2.48. The molecule has 5 rings (SSSR count). The van der Waals surface area contributed by atoms with E-state index in [1.54, 1.807) is 43.3 Å². The third-order valence-corrected chi connectivity index (χ3v) is 10.6. The number of rotatable bonds is 10. The minimum absolute atomic E-state index is 0.0358. The van der Waals surface area contributed by atoms with Crippen LogP contribution in [0.15, 0.2) is 77.6 Å². The van der Waals surface area contributed by atoms with Crippen molar-refractivity contribution in [3.63, 3.8) is 0 Å². The molecule has 222 valence electrons. The van der Waals surface area contributed by atoms with Gasteiger partial charge in [0.15, 0.2) is 0 Å². The Labute approximate surface area is 245 Å². The fraction of sp³-hybridized carbons (Fsp3) is 0.375. The molecule has 4 aromatic rings. The second-order valence-corrected chi connectivity index (χ2v) is 15.4. The number of para-hydroxylation sites is 1. The Bertz CT molecular complexity index is 1600. The summed E-state index contributed by atoms with van der Waals surface area (Å²) in [6, 6.07) is 22.3. The molecular weight excluding hydrogens is 553 g/mol. The lowest BCUT2D eigenvalue weighted by molar-refractivity contribution is -0.133. The Balaban J connectivity index is 1.44. The molecule has 1 aliphatic rings. The number of aromatic amines is 1. The van der Waals surface area contributed by atoms with Crippen LogP contribution in [0, 0.1) is 5.92 Å². The van der Waals surface area contributed by atoms with Crippen molar-refractivity contribution in [1.82, 2.24) is 14.7 Å². The van der Waals surface area contributed by atoms with Crippen molar-refractivity contribution in [3.05, 3.63) is 94.3 Å². The summed E-state index contributed by atoms with van der Waals surface area (Å²) in [6.07, 6.45) is -1.08. The smallest absolute Gasteiger partial charge is 0.279 e. The maximum atomic E-state index is 16.0. The second-order valence-electron chi connectivity index (χ2n) is 11.5. The number of amides is 1. The molecule has 1 aromatic heterocycles. The number of halogens is 1. The molecule has 10 heteroatoms. The van der Waals surface area contributed by atoms with Crippen LogP contribution >= 0.6 is 0 Å². The van der Waals surface area contributed by atoms with E-state index in [-0.39, 0.29) is 37.0 Å². The van der Waals surface area contributed by atoms with Gasteiger partial charge >= 0.3 is 0 Å². The van der Waals surface area contributed by atoms with E-state index in [1.165, 1.54) is 4.68 Å². The van der Waals surface area contributed by atoms with Crippen LogP contribution in [0.5, 0.6) is 5.75 Å². The van der Waals surface area contributed by atoms with Crippen molar-refractivity contribution in [2.24, 2.45) is 5.92 Å². The van der Waals surface area contributed by atoms with Gasteiger partial charge < -0.3 is 23.6 Å². The van der Waals surface area contributed by atoms with E-state index in [0.717, 1.165) is 16.6 Å². The summed E-state index contributed by atoms with van der Waals surface area (Å²) in [5.41, 5.74) is 2.26. The third-order valence-electron chi connectivity index (χ3n) is 8.28.